The average molecular weight is 342 g/mol. The van der Waals surface area contributed by atoms with E-state index in [1.54, 1.807) is 23.1 Å². The number of hydrogen-bond donors (Lipinski definition) is 1. The van der Waals surface area contributed by atoms with Crippen LogP contribution in [0.1, 0.15) is 36.6 Å². The molecule has 2 aromatic rings. The number of hydrogen-bond acceptors (Lipinski definition) is 3. The zero-order valence-electron chi connectivity index (χ0n) is 14.4. The number of aromatic nitrogens is 2. The van der Waals surface area contributed by atoms with E-state index in [-0.39, 0.29) is 17.8 Å². The molecule has 1 aromatic heterocycles. The van der Waals surface area contributed by atoms with E-state index in [4.69, 9.17) is 0 Å². The van der Waals surface area contributed by atoms with Crippen molar-refractivity contribution in [2.75, 3.05) is 24.5 Å². The van der Waals surface area contributed by atoms with Gasteiger partial charge in [0.15, 0.2) is 0 Å². The van der Waals surface area contributed by atoms with E-state index >= 15 is 0 Å². The van der Waals surface area contributed by atoms with Crippen molar-refractivity contribution in [3.63, 3.8) is 0 Å². The number of H-pyrrole nitrogens is 1. The summed E-state index contributed by atoms with van der Waals surface area (Å²) < 4.78 is 14.1. The van der Waals surface area contributed by atoms with Crippen molar-refractivity contribution in [2.45, 2.75) is 38.1 Å². The van der Waals surface area contributed by atoms with E-state index in [2.05, 4.69) is 21.2 Å². The number of aromatic amines is 1. The number of aryl methyl sites for hydroxylation is 1. The molecule has 0 aliphatic carbocycles. The van der Waals surface area contributed by atoms with Crippen LogP contribution in [-0.2, 0) is 4.79 Å². The van der Waals surface area contributed by atoms with E-state index < -0.39 is 0 Å². The highest BCUT2D eigenvalue weighted by Gasteiger charge is 2.39. The molecule has 2 saturated heterocycles. The monoisotopic (exact) mass is 342 g/mol. The Labute approximate surface area is 146 Å². The predicted octanol–water partition coefficient (Wildman–Crippen LogP) is 2.84. The number of likely N-dealkylation sites (tertiary alicyclic amines) is 1. The van der Waals surface area contributed by atoms with E-state index in [1.165, 1.54) is 6.07 Å². The largest absolute Gasteiger partial charge is 0.308 e. The minimum Gasteiger partial charge on any atom is -0.308 e. The standard InChI is InChI=1S/C19H23FN4O/c1-13-11-16(22-21-13)14-5-4-9-23(12-14)18-8-10-24(19(18)25)17-7-3-2-6-15(17)20/h2-3,6-7,11,14,18H,4-5,8-10,12H2,1H3,(H,21,22)/t14-,18-/m0/s1. The molecular formula is C19H23FN4O. The highest BCUT2D eigenvalue weighted by Crippen LogP contribution is 2.32. The van der Waals surface area contributed by atoms with E-state index in [9.17, 15) is 9.18 Å². The van der Waals surface area contributed by atoms with E-state index in [0.29, 0.717) is 18.2 Å². The number of halogens is 1. The third-order valence-electron chi connectivity index (χ3n) is 5.36. The summed E-state index contributed by atoms with van der Waals surface area (Å²) in [6.07, 6.45) is 2.90. The molecule has 1 amide bonds. The first-order valence-corrected chi connectivity index (χ1v) is 8.95. The predicted molar refractivity (Wildman–Crippen MR) is 94.0 cm³/mol. The van der Waals surface area contributed by atoms with Crippen LogP contribution < -0.4 is 4.90 Å². The summed E-state index contributed by atoms with van der Waals surface area (Å²) in [6.45, 7) is 4.34. The number of benzene rings is 1. The van der Waals surface area contributed by atoms with Gasteiger partial charge >= 0.3 is 0 Å². The van der Waals surface area contributed by atoms with Crippen LogP contribution in [0.3, 0.4) is 0 Å². The molecular weight excluding hydrogens is 319 g/mol. The van der Waals surface area contributed by atoms with Crippen LogP contribution >= 0.6 is 0 Å². The molecule has 0 radical (unpaired) electrons. The number of nitrogens with zero attached hydrogens (tertiary/aromatic N) is 3. The fourth-order valence-corrected chi connectivity index (χ4v) is 4.09. The Hall–Kier alpha value is -2.21. The molecule has 0 bridgehead atoms. The molecule has 1 N–H and O–H groups in total. The Morgan fingerprint density at radius 1 is 1.24 bits per heavy atom. The maximum absolute atomic E-state index is 14.1. The summed E-state index contributed by atoms with van der Waals surface area (Å²) >= 11 is 0. The molecule has 4 rings (SSSR count). The summed E-state index contributed by atoms with van der Waals surface area (Å²) in [5.41, 5.74) is 2.54. The van der Waals surface area contributed by atoms with Gasteiger partial charge in [0.05, 0.1) is 17.4 Å². The lowest BCUT2D eigenvalue weighted by Gasteiger charge is -2.35. The van der Waals surface area contributed by atoms with Gasteiger partial charge in [-0.15, -0.1) is 0 Å². The van der Waals surface area contributed by atoms with Gasteiger partial charge in [0.25, 0.3) is 0 Å². The SMILES string of the molecule is Cc1cc([C@H]2CCCN([C@H]3CCN(c4ccccc4F)C3=O)C2)n[nH]1. The van der Waals surface area contributed by atoms with Crippen molar-refractivity contribution >= 4 is 11.6 Å². The van der Waals surface area contributed by atoms with Crippen LogP contribution in [0.2, 0.25) is 0 Å². The molecule has 2 aliphatic rings. The second kappa shape index (κ2) is 6.59. The van der Waals surface area contributed by atoms with Gasteiger partial charge in [0.2, 0.25) is 5.91 Å². The summed E-state index contributed by atoms with van der Waals surface area (Å²) in [5.74, 6) is 0.0398. The first-order valence-electron chi connectivity index (χ1n) is 8.95. The van der Waals surface area contributed by atoms with Gasteiger partial charge in [-0.3, -0.25) is 14.8 Å². The lowest BCUT2D eigenvalue weighted by atomic mass is 9.93. The minimum absolute atomic E-state index is 0.0176. The zero-order valence-corrected chi connectivity index (χ0v) is 14.4. The van der Waals surface area contributed by atoms with E-state index in [1.807, 2.05) is 6.92 Å². The molecule has 0 spiro atoms. The van der Waals surface area contributed by atoms with Crippen molar-refractivity contribution < 1.29 is 9.18 Å². The maximum Gasteiger partial charge on any atom is 0.244 e. The first-order chi connectivity index (χ1) is 12.1. The van der Waals surface area contributed by atoms with Crippen molar-refractivity contribution in [1.82, 2.24) is 15.1 Å². The Morgan fingerprint density at radius 3 is 2.84 bits per heavy atom. The lowest BCUT2D eigenvalue weighted by Crippen LogP contribution is -2.46. The van der Waals surface area contributed by atoms with Crippen molar-refractivity contribution in [1.29, 1.82) is 0 Å². The van der Waals surface area contributed by atoms with Crippen LogP contribution in [-0.4, -0.2) is 46.7 Å². The molecule has 0 saturated carbocycles. The first kappa shape index (κ1) is 16.3. The smallest absolute Gasteiger partial charge is 0.244 e. The number of para-hydroxylation sites is 1. The van der Waals surface area contributed by atoms with Crippen LogP contribution in [0.25, 0.3) is 0 Å². The van der Waals surface area contributed by atoms with Crippen LogP contribution in [0.5, 0.6) is 0 Å². The number of carbonyl (C=O) groups excluding carboxylic acids is 1. The number of carbonyl (C=O) groups is 1. The van der Waals surface area contributed by atoms with Gasteiger partial charge in [0, 0.05) is 24.7 Å². The zero-order chi connectivity index (χ0) is 17.4. The highest BCUT2D eigenvalue weighted by molar-refractivity contribution is 5.99. The molecule has 5 nitrogen and oxygen atoms in total. The molecule has 132 valence electrons. The minimum atomic E-state index is -0.333. The fourth-order valence-electron chi connectivity index (χ4n) is 4.09. The second-order valence-electron chi connectivity index (χ2n) is 7.06. The van der Waals surface area contributed by atoms with Gasteiger partial charge in [-0.1, -0.05) is 12.1 Å². The van der Waals surface area contributed by atoms with Crippen molar-refractivity contribution in [3.8, 4) is 0 Å². The number of amides is 1. The molecule has 0 unspecified atom stereocenters. The molecule has 2 aliphatic heterocycles. The molecule has 6 heteroatoms. The number of anilines is 1. The maximum atomic E-state index is 14.1. The Bertz CT molecular complexity index is 774. The molecule has 2 fully saturated rings. The summed E-state index contributed by atoms with van der Waals surface area (Å²) in [4.78, 5) is 16.8. The van der Waals surface area contributed by atoms with Gasteiger partial charge in [-0.05, 0) is 50.9 Å². The Kier molecular flexibility index (Phi) is 4.29. The van der Waals surface area contributed by atoms with Gasteiger partial charge in [-0.2, -0.15) is 5.10 Å². The van der Waals surface area contributed by atoms with Crippen molar-refractivity contribution in [2.24, 2.45) is 0 Å². The van der Waals surface area contributed by atoms with Gasteiger partial charge < -0.3 is 4.90 Å². The molecule has 25 heavy (non-hydrogen) atoms. The number of nitrogens with one attached hydrogen (secondary N) is 1. The highest BCUT2D eigenvalue weighted by atomic mass is 19.1. The second-order valence-corrected chi connectivity index (χ2v) is 7.06. The molecule has 2 atom stereocenters. The third kappa shape index (κ3) is 3.06. The molecule has 3 heterocycles. The lowest BCUT2D eigenvalue weighted by molar-refractivity contribution is -0.122. The van der Waals surface area contributed by atoms with Crippen LogP contribution in [0, 0.1) is 12.7 Å². The summed E-state index contributed by atoms with van der Waals surface area (Å²) in [7, 11) is 0. The Morgan fingerprint density at radius 2 is 2.08 bits per heavy atom. The fraction of sp³-hybridized carbons (Fsp3) is 0.474. The normalized spacial score (nSPS) is 24.9. The van der Waals surface area contributed by atoms with Crippen LogP contribution in [0.4, 0.5) is 10.1 Å². The topological polar surface area (TPSA) is 52.2 Å². The van der Waals surface area contributed by atoms with Crippen LogP contribution in [0.15, 0.2) is 30.3 Å². The van der Waals surface area contributed by atoms with Gasteiger partial charge in [0.1, 0.15) is 5.82 Å². The van der Waals surface area contributed by atoms with E-state index in [0.717, 1.165) is 43.7 Å². The quantitative estimate of drug-likeness (QED) is 0.933. The van der Waals surface area contributed by atoms with Crippen molar-refractivity contribution in [3.05, 3.63) is 47.5 Å². The van der Waals surface area contributed by atoms with Gasteiger partial charge in [-0.25, -0.2) is 4.39 Å². The average Bonchev–Trinajstić information content (AvgIpc) is 3.22. The number of piperidine rings is 1. The number of rotatable bonds is 3. The third-order valence-corrected chi connectivity index (χ3v) is 5.36. The molecule has 1 aromatic carbocycles. The Balaban J connectivity index is 1.49. The summed E-state index contributed by atoms with van der Waals surface area (Å²) in [5, 5.41) is 7.41. The summed E-state index contributed by atoms with van der Waals surface area (Å²) in [6, 6.07) is 8.46.